The largest absolute Gasteiger partial charge is 0.497 e. The zero-order valence-electron chi connectivity index (χ0n) is 13.2. The predicted molar refractivity (Wildman–Crippen MR) is 92.9 cm³/mol. The third kappa shape index (κ3) is 3.43. The van der Waals surface area contributed by atoms with Crippen molar-refractivity contribution in [1.82, 2.24) is 9.97 Å². The van der Waals surface area contributed by atoms with E-state index in [9.17, 15) is 0 Å². The molecule has 0 spiro atoms. The van der Waals surface area contributed by atoms with Crippen molar-refractivity contribution in [2.24, 2.45) is 0 Å². The average molecular weight is 327 g/mol. The third-order valence-corrected chi connectivity index (χ3v) is 4.09. The Hall–Kier alpha value is -2.60. The van der Waals surface area contributed by atoms with E-state index in [-0.39, 0.29) is 0 Å². The molecule has 0 bridgehead atoms. The highest BCUT2D eigenvalue weighted by Crippen LogP contribution is 2.35. The van der Waals surface area contributed by atoms with Gasteiger partial charge >= 0.3 is 0 Å². The number of nitrogens with one attached hydrogen (secondary N) is 1. The molecule has 6 heteroatoms. The van der Waals surface area contributed by atoms with Crippen molar-refractivity contribution in [3.05, 3.63) is 47.5 Å². The number of thiazole rings is 1. The molecule has 0 saturated heterocycles. The zero-order valence-corrected chi connectivity index (χ0v) is 14.0. The van der Waals surface area contributed by atoms with Gasteiger partial charge in [-0.15, -0.1) is 11.3 Å². The number of hydrogen-bond acceptors (Lipinski definition) is 6. The molecule has 0 atom stereocenters. The number of rotatable bonds is 5. The second-order valence-corrected chi connectivity index (χ2v) is 5.81. The van der Waals surface area contributed by atoms with Crippen LogP contribution in [0, 0.1) is 6.92 Å². The Balaban J connectivity index is 1.85. The van der Waals surface area contributed by atoms with Crippen LogP contribution in [0.4, 0.5) is 10.9 Å². The fourth-order valence-electron chi connectivity index (χ4n) is 2.12. The van der Waals surface area contributed by atoms with E-state index in [1.807, 2.05) is 48.8 Å². The molecule has 0 aliphatic rings. The van der Waals surface area contributed by atoms with Crippen molar-refractivity contribution in [2.75, 3.05) is 19.5 Å². The van der Waals surface area contributed by atoms with Crippen molar-refractivity contribution in [3.8, 4) is 22.8 Å². The van der Waals surface area contributed by atoms with Gasteiger partial charge in [0, 0.05) is 23.2 Å². The number of anilines is 2. The van der Waals surface area contributed by atoms with Crippen LogP contribution >= 0.6 is 11.3 Å². The Bertz CT molecular complexity index is 800. The summed E-state index contributed by atoms with van der Waals surface area (Å²) in [5.74, 6) is 2.26. The van der Waals surface area contributed by atoms with Gasteiger partial charge < -0.3 is 14.8 Å². The Morgan fingerprint density at radius 2 is 1.96 bits per heavy atom. The quantitative estimate of drug-likeness (QED) is 0.758. The van der Waals surface area contributed by atoms with Crippen LogP contribution in [-0.4, -0.2) is 24.2 Å². The van der Waals surface area contributed by atoms with Gasteiger partial charge in [0.1, 0.15) is 17.3 Å². The number of aromatic nitrogens is 2. The lowest BCUT2D eigenvalue weighted by Gasteiger charge is -2.08. The van der Waals surface area contributed by atoms with Gasteiger partial charge in [-0.3, -0.25) is 0 Å². The fourth-order valence-corrected chi connectivity index (χ4v) is 2.83. The predicted octanol–water partition coefficient (Wildman–Crippen LogP) is 4.27. The Labute approximate surface area is 138 Å². The first kappa shape index (κ1) is 15.3. The van der Waals surface area contributed by atoms with E-state index in [2.05, 4.69) is 15.3 Å². The molecule has 1 N–H and O–H groups in total. The van der Waals surface area contributed by atoms with Crippen LogP contribution in [-0.2, 0) is 0 Å². The molecule has 23 heavy (non-hydrogen) atoms. The van der Waals surface area contributed by atoms with Crippen molar-refractivity contribution in [2.45, 2.75) is 6.92 Å². The van der Waals surface area contributed by atoms with Crippen molar-refractivity contribution in [3.63, 3.8) is 0 Å². The monoisotopic (exact) mass is 327 g/mol. The van der Waals surface area contributed by atoms with E-state index in [1.165, 1.54) is 11.3 Å². The smallest absolute Gasteiger partial charge is 0.188 e. The van der Waals surface area contributed by atoms with E-state index in [0.29, 0.717) is 0 Å². The molecule has 0 fully saturated rings. The highest BCUT2D eigenvalue weighted by molar-refractivity contribution is 7.14. The second-order valence-electron chi connectivity index (χ2n) is 4.95. The van der Waals surface area contributed by atoms with E-state index in [1.54, 1.807) is 14.2 Å². The summed E-state index contributed by atoms with van der Waals surface area (Å²) in [6, 6.07) is 9.64. The minimum absolute atomic E-state index is 0.731. The first-order chi connectivity index (χ1) is 11.2. The lowest BCUT2D eigenvalue weighted by molar-refractivity contribution is 0.395. The van der Waals surface area contributed by atoms with Gasteiger partial charge in [-0.2, -0.15) is 0 Å². The Kier molecular flexibility index (Phi) is 4.43. The number of ether oxygens (including phenoxy) is 2. The molecule has 3 rings (SSSR count). The van der Waals surface area contributed by atoms with Crippen LogP contribution < -0.4 is 14.8 Å². The van der Waals surface area contributed by atoms with Crippen molar-refractivity contribution >= 4 is 22.3 Å². The molecule has 3 aromatic rings. The molecule has 2 heterocycles. The first-order valence-corrected chi connectivity index (χ1v) is 7.95. The summed E-state index contributed by atoms with van der Waals surface area (Å²) in [6.07, 6.45) is 1.82. The molecule has 2 aromatic heterocycles. The summed E-state index contributed by atoms with van der Waals surface area (Å²) in [5.41, 5.74) is 2.90. The first-order valence-electron chi connectivity index (χ1n) is 7.07. The van der Waals surface area contributed by atoms with E-state index < -0.39 is 0 Å². The molecule has 0 aliphatic heterocycles. The molecule has 118 valence electrons. The molecule has 0 amide bonds. The van der Waals surface area contributed by atoms with Gasteiger partial charge in [0.25, 0.3) is 0 Å². The zero-order chi connectivity index (χ0) is 16.2. The average Bonchev–Trinajstić information content (AvgIpc) is 3.04. The Morgan fingerprint density at radius 1 is 1.09 bits per heavy atom. The maximum Gasteiger partial charge on any atom is 0.188 e. The Morgan fingerprint density at radius 3 is 2.65 bits per heavy atom. The number of pyridine rings is 1. The minimum atomic E-state index is 0.731. The van der Waals surface area contributed by atoms with E-state index in [0.717, 1.165) is 39.3 Å². The highest BCUT2D eigenvalue weighted by Gasteiger charge is 2.11. The van der Waals surface area contributed by atoms with Crippen LogP contribution in [0.25, 0.3) is 11.3 Å². The summed E-state index contributed by atoms with van der Waals surface area (Å²) in [4.78, 5) is 8.94. The lowest BCUT2D eigenvalue weighted by atomic mass is 10.1. The van der Waals surface area contributed by atoms with Gasteiger partial charge in [0.05, 0.1) is 19.9 Å². The molecule has 0 unspecified atom stereocenters. The summed E-state index contributed by atoms with van der Waals surface area (Å²) in [6.45, 7) is 2.01. The molecule has 1 aromatic carbocycles. The number of hydrogen-bond donors (Lipinski definition) is 1. The highest BCUT2D eigenvalue weighted by atomic mass is 32.1. The lowest BCUT2D eigenvalue weighted by Crippen LogP contribution is -1.93. The maximum absolute atomic E-state index is 5.43. The van der Waals surface area contributed by atoms with Gasteiger partial charge in [-0.25, -0.2) is 9.97 Å². The van der Waals surface area contributed by atoms with Gasteiger partial charge in [-0.1, -0.05) is 6.07 Å². The van der Waals surface area contributed by atoms with E-state index in [4.69, 9.17) is 9.47 Å². The summed E-state index contributed by atoms with van der Waals surface area (Å²) in [7, 11) is 3.27. The topological polar surface area (TPSA) is 56.3 Å². The number of nitrogens with zero attached hydrogens (tertiary/aromatic N) is 2. The number of aryl methyl sites for hydroxylation is 1. The summed E-state index contributed by atoms with van der Waals surface area (Å²) in [5, 5.41) is 5.99. The molecule has 5 nitrogen and oxygen atoms in total. The fraction of sp³-hybridized carbons (Fsp3) is 0.176. The van der Waals surface area contributed by atoms with Crippen LogP contribution in [0.15, 0.2) is 41.9 Å². The molecule has 0 aliphatic carbocycles. The second kappa shape index (κ2) is 6.66. The normalized spacial score (nSPS) is 10.4. The SMILES string of the molecule is COc1ccc(-c2csc(Nc3ccc(C)cn3)n2)c(OC)c1. The summed E-state index contributed by atoms with van der Waals surface area (Å²) >= 11 is 1.52. The molecular formula is C17H17N3O2S. The van der Waals surface area contributed by atoms with Crippen LogP contribution in [0.5, 0.6) is 11.5 Å². The van der Waals surface area contributed by atoms with E-state index >= 15 is 0 Å². The number of benzene rings is 1. The molecule has 0 saturated carbocycles. The molecule has 0 radical (unpaired) electrons. The minimum Gasteiger partial charge on any atom is -0.497 e. The third-order valence-electron chi connectivity index (χ3n) is 3.34. The van der Waals surface area contributed by atoms with Crippen molar-refractivity contribution < 1.29 is 9.47 Å². The van der Waals surface area contributed by atoms with Gasteiger partial charge in [0.2, 0.25) is 0 Å². The van der Waals surface area contributed by atoms with Crippen LogP contribution in [0.1, 0.15) is 5.56 Å². The summed E-state index contributed by atoms with van der Waals surface area (Å²) < 4.78 is 10.7. The maximum atomic E-state index is 5.43. The molecular weight excluding hydrogens is 310 g/mol. The van der Waals surface area contributed by atoms with Gasteiger partial charge in [-0.05, 0) is 30.7 Å². The standard InChI is InChI=1S/C17H17N3O2S/c1-11-4-7-16(18-9-11)20-17-19-14(10-23-17)13-6-5-12(21-2)8-15(13)22-3/h4-10H,1-3H3,(H,18,19,20). The van der Waals surface area contributed by atoms with Crippen molar-refractivity contribution in [1.29, 1.82) is 0 Å². The number of methoxy groups -OCH3 is 2. The van der Waals surface area contributed by atoms with Crippen LogP contribution in [0.3, 0.4) is 0 Å². The van der Waals surface area contributed by atoms with Crippen LogP contribution in [0.2, 0.25) is 0 Å². The van der Waals surface area contributed by atoms with Gasteiger partial charge in [0.15, 0.2) is 5.13 Å².